The zero-order valence-corrected chi connectivity index (χ0v) is 10.8. The summed E-state index contributed by atoms with van der Waals surface area (Å²) in [6, 6.07) is 17.2. The predicted molar refractivity (Wildman–Crippen MR) is 76.0 cm³/mol. The highest BCUT2D eigenvalue weighted by Gasteiger charge is 2.07. The summed E-state index contributed by atoms with van der Waals surface area (Å²) in [5.41, 5.74) is 2.30. The predicted octanol–water partition coefficient (Wildman–Crippen LogP) is 2.09. The van der Waals surface area contributed by atoms with E-state index in [2.05, 4.69) is 17.4 Å². The molecule has 0 aromatic heterocycles. The smallest absolute Gasteiger partial charge is 0.115 e. The number of hydrogen-bond donors (Lipinski definition) is 3. The monoisotopic (exact) mass is 257 g/mol. The van der Waals surface area contributed by atoms with Gasteiger partial charge in [-0.15, -0.1) is 0 Å². The molecule has 0 aliphatic heterocycles. The van der Waals surface area contributed by atoms with E-state index in [1.807, 2.05) is 30.3 Å². The van der Waals surface area contributed by atoms with Gasteiger partial charge in [-0.05, 0) is 29.7 Å². The fraction of sp³-hybridized carbons (Fsp3) is 0.250. The van der Waals surface area contributed by atoms with Gasteiger partial charge in [-0.1, -0.05) is 42.5 Å². The summed E-state index contributed by atoms with van der Waals surface area (Å²) in [6.45, 7) is 0.831. The van der Waals surface area contributed by atoms with Crippen LogP contribution < -0.4 is 5.32 Å². The number of benzene rings is 2. The third kappa shape index (κ3) is 4.39. The summed E-state index contributed by atoms with van der Waals surface area (Å²) in [7, 11) is 0. The number of aliphatic hydroxyl groups is 1. The van der Waals surface area contributed by atoms with Gasteiger partial charge in [-0.2, -0.15) is 0 Å². The first-order valence-corrected chi connectivity index (χ1v) is 6.44. The Morgan fingerprint density at radius 1 is 0.895 bits per heavy atom. The normalized spacial score (nSPS) is 12.3. The third-order valence-electron chi connectivity index (χ3n) is 3.08. The van der Waals surface area contributed by atoms with E-state index in [4.69, 9.17) is 0 Å². The molecule has 0 saturated heterocycles. The van der Waals surface area contributed by atoms with E-state index in [1.165, 1.54) is 5.56 Å². The average Bonchev–Trinajstić information content (AvgIpc) is 2.46. The molecule has 0 radical (unpaired) electrons. The quantitative estimate of drug-likeness (QED) is 0.742. The Morgan fingerprint density at radius 2 is 1.58 bits per heavy atom. The van der Waals surface area contributed by atoms with E-state index in [-0.39, 0.29) is 18.4 Å². The van der Waals surface area contributed by atoms with Crippen LogP contribution in [-0.4, -0.2) is 22.9 Å². The second kappa shape index (κ2) is 6.92. The van der Waals surface area contributed by atoms with Crippen LogP contribution >= 0.6 is 0 Å². The van der Waals surface area contributed by atoms with Gasteiger partial charge < -0.3 is 15.5 Å². The molecule has 0 aliphatic carbocycles. The maximum absolute atomic E-state index is 9.41. The molecule has 0 bridgehead atoms. The minimum absolute atomic E-state index is 0.0183. The fourth-order valence-electron chi connectivity index (χ4n) is 1.98. The van der Waals surface area contributed by atoms with Crippen molar-refractivity contribution in [2.24, 2.45) is 0 Å². The Hall–Kier alpha value is -1.84. The van der Waals surface area contributed by atoms with Crippen molar-refractivity contribution < 1.29 is 10.2 Å². The van der Waals surface area contributed by atoms with Crippen molar-refractivity contribution in [3.8, 4) is 5.75 Å². The second-order valence-electron chi connectivity index (χ2n) is 4.62. The highest BCUT2D eigenvalue weighted by molar-refractivity contribution is 5.26. The largest absolute Gasteiger partial charge is 0.508 e. The third-order valence-corrected chi connectivity index (χ3v) is 3.08. The van der Waals surface area contributed by atoms with Gasteiger partial charge in [0.05, 0.1) is 6.61 Å². The average molecular weight is 257 g/mol. The molecular formula is C16H19NO2. The van der Waals surface area contributed by atoms with E-state index in [0.717, 1.165) is 18.5 Å². The van der Waals surface area contributed by atoms with Crippen LogP contribution in [0, 0.1) is 0 Å². The molecule has 0 spiro atoms. The molecule has 3 N–H and O–H groups in total. The maximum Gasteiger partial charge on any atom is 0.115 e. The van der Waals surface area contributed by atoms with Gasteiger partial charge in [-0.25, -0.2) is 0 Å². The van der Waals surface area contributed by atoms with Gasteiger partial charge in [0.15, 0.2) is 0 Å². The van der Waals surface area contributed by atoms with Crippen LogP contribution in [0.4, 0.5) is 0 Å². The van der Waals surface area contributed by atoms with Crippen LogP contribution in [0.5, 0.6) is 5.75 Å². The molecule has 0 amide bonds. The lowest BCUT2D eigenvalue weighted by atomic mass is 10.1. The Kier molecular flexibility index (Phi) is 4.95. The van der Waals surface area contributed by atoms with Gasteiger partial charge in [0.25, 0.3) is 0 Å². The van der Waals surface area contributed by atoms with Crippen LogP contribution in [0.25, 0.3) is 0 Å². The molecule has 19 heavy (non-hydrogen) atoms. The highest BCUT2D eigenvalue weighted by Crippen LogP contribution is 2.11. The summed E-state index contributed by atoms with van der Waals surface area (Å²) in [4.78, 5) is 0. The van der Waals surface area contributed by atoms with E-state index >= 15 is 0 Å². The number of rotatable bonds is 6. The van der Waals surface area contributed by atoms with E-state index < -0.39 is 0 Å². The van der Waals surface area contributed by atoms with Crippen LogP contribution in [-0.2, 0) is 13.0 Å². The molecule has 2 aromatic carbocycles. The first kappa shape index (κ1) is 13.6. The first-order valence-electron chi connectivity index (χ1n) is 6.44. The lowest BCUT2D eigenvalue weighted by Gasteiger charge is -2.16. The van der Waals surface area contributed by atoms with Gasteiger partial charge in [0.2, 0.25) is 0 Å². The molecule has 2 rings (SSSR count). The summed E-state index contributed by atoms with van der Waals surface area (Å²) < 4.78 is 0. The summed E-state index contributed by atoms with van der Waals surface area (Å²) >= 11 is 0. The minimum atomic E-state index is 0.0183. The molecule has 2 aromatic rings. The van der Waals surface area contributed by atoms with Gasteiger partial charge in [-0.3, -0.25) is 0 Å². The summed E-state index contributed by atoms with van der Waals surface area (Å²) in [5, 5.41) is 22.0. The van der Waals surface area contributed by atoms with E-state index in [0.29, 0.717) is 0 Å². The van der Waals surface area contributed by atoms with Crippen molar-refractivity contribution in [3.63, 3.8) is 0 Å². The minimum Gasteiger partial charge on any atom is -0.508 e. The van der Waals surface area contributed by atoms with Crippen molar-refractivity contribution in [1.82, 2.24) is 5.32 Å². The fourth-order valence-corrected chi connectivity index (χ4v) is 1.98. The Morgan fingerprint density at radius 3 is 2.21 bits per heavy atom. The summed E-state index contributed by atoms with van der Waals surface area (Å²) in [5.74, 6) is 0.265. The molecule has 0 aliphatic rings. The second-order valence-corrected chi connectivity index (χ2v) is 4.62. The van der Waals surface area contributed by atoms with Crippen molar-refractivity contribution in [2.45, 2.75) is 19.0 Å². The number of aliphatic hydroxyl groups excluding tert-OH is 1. The van der Waals surface area contributed by atoms with Crippen molar-refractivity contribution in [3.05, 3.63) is 65.7 Å². The van der Waals surface area contributed by atoms with Gasteiger partial charge in [0, 0.05) is 12.6 Å². The number of phenols is 1. The van der Waals surface area contributed by atoms with Crippen LogP contribution in [0.15, 0.2) is 54.6 Å². The van der Waals surface area contributed by atoms with Crippen molar-refractivity contribution in [2.75, 3.05) is 6.61 Å². The van der Waals surface area contributed by atoms with Crippen LogP contribution in [0.3, 0.4) is 0 Å². The standard InChI is InChI=1S/C16H19NO2/c18-12-15(10-13-6-8-16(19)9-7-13)17-11-14-4-2-1-3-5-14/h1-9,15,17-19H,10-12H2/t15-/m0/s1. The zero-order valence-electron chi connectivity index (χ0n) is 10.8. The molecule has 3 nitrogen and oxygen atoms in total. The van der Waals surface area contributed by atoms with Crippen molar-refractivity contribution in [1.29, 1.82) is 0 Å². The molecule has 100 valence electrons. The first-order chi connectivity index (χ1) is 9.28. The van der Waals surface area contributed by atoms with Crippen LogP contribution in [0.2, 0.25) is 0 Å². The van der Waals surface area contributed by atoms with Gasteiger partial charge in [0.1, 0.15) is 5.75 Å². The molecule has 3 heteroatoms. The molecule has 0 heterocycles. The van der Waals surface area contributed by atoms with Crippen molar-refractivity contribution >= 4 is 0 Å². The Balaban J connectivity index is 1.88. The molecule has 0 unspecified atom stereocenters. The van der Waals surface area contributed by atoms with Crippen LogP contribution in [0.1, 0.15) is 11.1 Å². The van der Waals surface area contributed by atoms with E-state index in [9.17, 15) is 10.2 Å². The highest BCUT2D eigenvalue weighted by atomic mass is 16.3. The Labute approximate surface area is 113 Å². The lowest BCUT2D eigenvalue weighted by molar-refractivity contribution is 0.241. The molecule has 0 saturated carbocycles. The maximum atomic E-state index is 9.41. The Bertz CT molecular complexity index is 482. The molecular weight excluding hydrogens is 238 g/mol. The lowest BCUT2D eigenvalue weighted by Crippen LogP contribution is -2.33. The number of nitrogens with one attached hydrogen (secondary N) is 1. The summed E-state index contributed by atoms with van der Waals surface area (Å²) in [6.07, 6.45) is 0.740. The molecule has 0 fully saturated rings. The van der Waals surface area contributed by atoms with Gasteiger partial charge >= 0.3 is 0 Å². The number of aromatic hydroxyl groups is 1. The molecule has 1 atom stereocenters. The number of phenolic OH excluding ortho intramolecular Hbond substituents is 1. The van der Waals surface area contributed by atoms with E-state index in [1.54, 1.807) is 12.1 Å². The SMILES string of the molecule is OC[C@H](Cc1ccc(O)cc1)NCc1ccccc1. The number of hydrogen-bond acceptors (Lipinski definition) is 3. The zero-order chi connectivity index (χ0) is 13.5. The topological polar surface area (TPSA) is 52.5 Å².